The summed E-state index contributed by atoms with van der Waals surface area (Å²) in [6.07, 6.45) is 10.6. The number of Topliss-reactive ketones (excluding diaryl/α,β-unsaturated/α-hetero) is 2. The lowest BCUT2D eigenvalue weighted by atomic mass is 9.86. The summed E-state index contributed by atoms with van der Waals surface area (Å²) in [6.45, 7) is 14.6. The molecule has 6 rings (SSSR count). The first kappa shape index (κ1) is 26.8. The molecule has 3 aromatic rings. The Morgan fingerprint density at radius 3 is 2.44 bits per heavy atom. The molecule has 0 aromatic carbocycles. The summed E-state index contributed by atoms with van der Waals surface area (Å²) in [5.41, 5.74) is 12.9. The van der Waals surface area contributed by atoms with Gasteiger partial charge in [-0.05, 0) is 74.1 Å². The molecule has 0 amide bonds. The molecule has 0 radical (unpaired) electrons. The van der Waals surface area contributed by atoms with Crippen LogP contribution in [0.4, 0.5) is 0 Å². The first-order valence-electron chi connectivity index (χ1n) is 14.4. The standard InChI is InChI=1S/C34H36N4O3/c1-7-21-16(3)25-12-27-18(5)23(10-9-20(40)15-39)33(37-27)24-11-31(41)32-19(6)28(38-34(24)32)14-30-22(8-2)17(4)26(36-30)13-29(21)35-25/h7,12-15,18,23,35-38H,1,8-11H2,2-6H3/t18-,23?/m0/s1. The molecule has 3 aromatic heterocycles. The Kier molecular flexibility index (Phi) is 6.48. The van der Waals surface area contributed by atoms with Crippen molar-refractivity contribution in [1.82, 2.24) is 20.3 Å². The quantitative estimate of drug-likeness (QED) is 0.268. The van der Waals surface area contributed by atoms with E-state index in [4.69, 9.17) is 0 Å². The second-order valence-electron chi connectivity index (χ2n) is 11.5. The summed E-state index contributed by atoms with van der Waals surface area (Å²) in [7, 11) is 0. The number of fused-ring (bicyclic) bond motifs is 7. The monoisotopic (exact) mass is 548 g/mol. The van der Waals surface area contributed by atoms with Crippen LogP contribution in [-0.4, -0.2) is 32.8 Å². The molecule has 2 atom stereocenters. The minimum Gasteiger partial charge on any atom is -0.361 e. The lowest BCUT2D eigenvalue weighted by Crippen LogP contribution is -2.13. The van der Waals surface area contributed by atoms with Crippen molar-refractivity contribution in [1.29, 1.82) is 0 Å². The van der Waals surface area contributed by atoms with Crippen LogP contribution in [0.15, 0.2) is 18.0 Å². The Labute approximate surface area is 239 Å². The van der Waals surface area contributed by atoms with Gasteiger partial charge in [-0.3, -0.25) is 14.4 Å². The van der Waals surface area contributed by atoms with Gasteiger partial charge in [0.25, 0.3) is 0 Å². The molecule has 5 heterocycles. The number of aromatic nitrogens is 3. The van der Waals surface area contributed by atoms with Crippen LogP contribution in [0.5, 0.6) is 0 Å². The minimum atomic E-state index is -0.406. The van der Waals surface area contributed by atoms with E-state index in [0.717, 1.165) is 79.1 Å². The molecule has 1 saturated heterocycles. The highest BCUT2D eigenvalue weighted by atomic mass is 16.2. The van der Waals surface area contributed by atoms with E-state index in [9.17, 15) is 14.4 Å². The van der Waals surface area contributed by atoms with Crippen LogP contribution >= 0.6 is 0 Å². The van der Waals surface area contributed by atoms with E-state index in [0.29, 0.717) is 19.1 Å². The molecule has 7 nitrogen and oxygen atoms in total. The Morgan fingerprint density at radius 2 is 1.73 bits per heavy atom. The van der Waals surface area contributed by atoms with E-state index in [1.54, 1.807) is 0 Å². The topological polar surface area (TPSA) is 111 Å². The van der Waals surface area contributed by atoms with Gasteiger partial charge in [-0.25, -0.2) is 0 Å². The van der Waals surface area contributed by atoms with Crippen LogP contribution in [0.25, 0.3) is 29.9 Å². The number of aldehydes is 1. The van der Waals surface area contributed by atoms with Gasteiger partial charge in [0.05, 0.1) is 5.69 Å². The van der Waals surface area contributed by atoms with E-state index < -0.39 is 5.78 Å². The molecular formula is C34H36N4O3. The van der Waals surface area contributed by atoms with Crippen LogP contribution < -0.4 is 16.0 Å². The summed E-state index contributed by atoms with van der Waals surface area (Å²) in [4.78, 5) is 47.4. The Hall–Kier alpha value is -4.39. The molecule has 1 unspecified atom stereocenters. The molecular weight excluding hydrogens is 512 g/mol. The first-order chi connectivity index (χ1) is 19.7. The van der Waals surface area contributed by atoms with Crippen molar-refractivity contribution in [2.45, 2.75) is 60.3 Å². The van der Waals surface area contributed by atoms with Crippen molar-refractivity contribution in [2.24, 2.45) is 11.8 Å². The average Bonchev–Trinajstić information content (AvgIpc) is 3.70. The molecule has 210 valence electrons. The van der Waals surface area contributed by atoms with Crippen molar-refractivity contribution < 1.29 is 14.4 Å². The maximum absolute atomic E-state index is 13.4. The molecule has 1 aliphatic carbocycles. The van der Waals surface area contributed by atoms with Crippen molar-refractivity contribution in [2.75, 3.05) is 0 Å². The summed E-state index contributed by atoms with van der Waals surface area (Å²) < 4.78 is 0. The van der Waals surface area contributed by atoms with E-state index in [2.05, 4.69) is 72.8 Å². The van der Waals surface area contributed by atoms with Gasteiger partial charge in [-0.2, -0.15) is 0 Å². The van der Waals surface area contributed by atoms with Crippen molar-refractivity contribution in [3.63, 3.8) is 0 Å². The fourth-order valence-corrected chi connectivity index (χ4v) is 6.97. The van der Waals surface area contributed by atoms with Crippen molar-refractivity contribution >= 4 is 47.7 Å². The van der Waals surface area contributed by atoms with Crippen LogP contribution in [0.2, 0.25) is 0 Å². The van der Waals surface area contributed by atoms with Crippen molar-refractivity contribution in [3.8, 4) is 0 Å². The smallest absolute Gasteiger partial charge is 0.195 e. The van der Waals surface area contributed by atoms with Gasteiger partial charge in [0.1, 0.15) is 0 Å². The Bertz CT molecular complexity index is 1850. The Balaban J connectivity index is 1.67. The van der Waals surface area contributed by atoms with E-state index in [-0.39, 0.29) is 24.0 Å². The summed E-state index contributed by atoms with van der Waals surface area (Å²) in [6, 6.07) is 0. The van der Waals surface area contributed by atoms with Crippen LogP contribution in [-0.2, 0) is 16.0 Å². The second kappa shape index (κ2) is 9.91. The zero-order valence-electron chi connectivity index (χ0n) is 24.3. The molecule has 7 heteroatoms. The number of H-pyrrole nitrogens is 3. The van der Waals surface area contributed by atoms with E-state index in [1.807, 2.05) is 13.0 Å². The number of rotatable bonds is 6. The number of ketones is 2. The molecule has 2 aliphatic heterocycles. The van der Waals surface area contributed by atoms with Gasteiger partial charge in [-0.1, -0.05) is 26.5 Å². The van der Waals surface area contributed by atoms with Crippen molar-refractivity contribution in [3.05, 3.63) is 84.8 Å². The normalized spacial score (nSPS) is 19.0. The maximum atomic E-state index is 13.4. The average molecular weight is 549 g/mol. The van der Waals surface area contributed by atoms with Gasteiger partial charge in [0.2, 0.25) is 0 Å². The predicted molar refractivity (Wildman–Crippen MR) is 162 cm³/mol. The number of nitrogens with one attached hydrogen (secondary N) is 4. The summed E-state index contributed by atoms with van der Waals surface area (Å²) >= 11 is 0. The molecule has 8 bridgehead atoms. The maximum Gasteiger partial charge on any atom is 0.195 e. The number of carbonyl (C=O) groups is 3. The van der Waals surface area contributed by atoms with Crippen LogP contribution in [0.3, 0.4) is 0 Å². The highest BCUT2D eigenvalue weighted by Crippen LogP contribution is 2.45. The molecule has 41 heavy (non-hydrogen) atoms. The van der Waals surface area contributed by atoms with E-state index in [1.165, 1.54) is 11.1 Å². The fraction of sp³-hybridized carbons (Fsp3) is 0.324. The molecule has 4 N–H and O–H groups in total. The van der Waals surface area contributed by atoms with Gasteiger partial charge < -0.3 is 20.3 Å². The lowest BCUT2D eigenvalue weighted by molar-refractivity contribution is -0.130. The number of hydrogen-bond acceptors (Lipinski definition) is 4. The van der Waals surface area contributed by atoms with Gasteiger partial charge in [-0.15, -0.1) is 0 Å². The Morgan fingerprint density at radius 1 is 1.00 bits per heavy atom. The predicted octanol–water partition coefficient (Wildman–Crippen LogP) is 4.51. The number of carbonyl (C=O) groups excluding carboxylic acids is 3. The zero-order chi connectivity index (χ0) is 29.2. The first-order valence-corrected chi connectivity index (χ1v) is 14.4. The summed E-state index contributed by atoms with van der Waals surface area (Å²) in [5.74, 6) is -0.294. The third kappa shape index (κ3) is 4.14. The molecule has 1 fully saturated rings. The van der Waals surface area contributed by atoms with E-state index >= 15 is 0 Å². The van der Waals surface area contributed by atoms with Gasteiger partial charge in [0, 0.05) is 80.6 Å². The summed E-state index contributed by atoms with van der Waals surface area (Å²) in [5, 5.41) is 5.73. The lowest BCUT2D eigenvalue weighted by Gasteiger charge is -2.16. The third-order valence-electron chi connectivity index (χ3n) is 9.36. The van der Waals surface area contributed by atoms with Gasteiger partial charge in [0.15, 0.2) is 17.9 Å². The van der Waals surface area contributed by atoms with Crippen LogP contribution in [0, 0.1) is 32.6 Å². The zero-order valence-corrected chi connectivity index (χ0v) is 24.3. The van der Waals surface area contributed by atoms with Crippen LogP contribution in [0.1, 0.15) is 94.1 Å². The third-order valence-corrected chi connectivity index (χ3v) is 9.36. The molecule has 0 spiro atoms. The second-order valence-corrected chi connectivity index (χ2v) is 11.5. The SMILES string of the molecule is C=Cc1c2[nH]c(c1C)C=C1NC(=C3CC(=O)c4c3[nH]c(c4C)C=c3[nH]c(c(C)c3CC)=C2)C(CCC(=O)C=O)[C@@H]1C. The highest BCUT2D eigenvalue weighted by Gasteiger charge is 2.39. The number of aromatic amines is 3. The van der Waals surface area contributed by atoms with Gasteiger partial charge >= 0.3 is 0 Å². The minimum absolute atomic E-state index is 0.0364. The largest absolute Gasteiger partial charge is 0.361 e. The number of hydrogen-bond donors (Lipinski definition) is 4. The molecule has 0 saturated carbocycles. The number of allylic oxidation sites excluding steroid dienone is 3. The fourth-order valence-electron chi connectivity index (χ4n) is 6.97. The molecule has 3 aliphatic rings. The highest BCUT2D eigenvalue weighted by molar-refractivity contribution is 6.24.